The second kappa shape index (κ2) is 6.91. The number of nitrogens with zero attached hydrogens (tertiary/aromatic N) is 1. The smallest absolute Gasteiger partial charge is 0.272 e. The molecule has 2 rings (SSSR count). The summed E-state index contributed by atoms with van der Waals surface area (Å²) >= 11 is 0. The third kappa shape index (κ3) is 3.94. The van der Waals surface area contributed by atoms with Crippen LogP contribution in [0.3, 0.4) is 0 Å². The standard InChI is InChI=1S/C13H22N4O.ClH/c1-8(2)10-6-11(17-16-10)13(18)15-12-7-14-5-4-9(12)3;/h6,8-9,12,14H,4-5,7H2,1-3H3,(H,15,18)(H,16,17);1H. The lowest BCUT2D eigenvalue weighted by atomic mass is 9.95. The highest BCUT2D eigenvalue weighted by atomic mass is 35.5. The molecule has 0 bridgehead atoms. The number of halogens is 1. The molecule has 1 fully saturated rings. The minimum absolute atomic E-state index is 0. The van der Waals surface area contributed by atoms with Gasteiger partial charge in [-0.3, -0.25) is 9.89 Å². The van der Waals surface area contributed by atoms with Crippen LogP contribution < -0.4 is 10.6 Å². The van der Waals surface area contributed by atoms with Crippen molar-refractivity contribution in [3.63, 3.8) is 0 Å². The highest BCUT2D eigenvalue weighted by Gasteiger charge is 2.24. The van der Waals surface area contributed by atoms with Crippen LogP contribution in [0, 0.1) is 5.92 Å². The Balaban J connectivity index is 0.00000180. The van der Waals surface area contributed by atoms with Crippen LogP contribution in [-0.4, -0.2) is 35.2 Å². The van der Waals surface area contributed by atoms with Crippen molar-refractivity contribution >= 4 is 18.3 Å². The van der Waals surface area contributed by atoms with Crippen LogP contribution in [0.25, 0.3) is 0 Å². The quantitative estimate of drug-likeness (QED) is 0.792. The van der Waals surface area contributed by atoms with Crippen molar-refractivity contribution in [2.24, 2.45) is 5.92 Å². The Labute approximate surface area is 120 Å². The predicted molar refractivity (Wildman–Crippen MR) is 77.8 cm³/mol. The zero-order chi connectivity index (χ0) is 13.1. The maximum Gasteiger partial charge on any atom is 0.272 e. The number of carbonyl (C=O) groups is 1. The van der Waals surface area contributed by atoms with Crippen LogP contribution in [0.15, 0.2) is 6.07 Å². The number of hydrogen-bond acceptors (Lipinski definition) is 3. The molecule has 1 amide bonds. The number of hydrogen-bond donors (Lipinski definition) is 3. The van der Waals surface area contributed by atoms with Crippen LogP contribution in [0.1, 0.15) is 49.3 Å². The molecule has 0 aliphatic carbocycles. The molecule has 108 valence electrons. The Hall–Kier alpha value is -1.07. The van der Waals surface area contributed by atoms with Crippen molar-refractivity contribution in [1.82, 2.24) is 20.8 Å². The number of aromatic amines is 1. The largest absolute Gasteiger partial charge is 0.346 e. The first-order valence-corrected chi connectivity index (χ1v) is 6.65. The highest BCUT2D eigenvalue weighted by Crippen LogP contribution is 2.14. The average molecular weight is 287 g/mol. The number of amides is 1. The molecule has 3 N–H and O–H groups in total. The molecule has 19 heavy (non-hydrogen) atoms. The molecule has 2 unspecified atom stereocenters. The van der Waals surface area contributed by atoms with E-state index in [2.05, 4.69) is 41.6 Å². The third-order valence-corrected chi connectivity index (χ3v) is 3.60. The van der Waals surface area contributed by atoms with Gasteiger partial charge in [-0.05, 0) is 30.9 Å². The van der Waals surface area contributed by atoms with Gasteiger partial charge in [0.15, 0.2) is 0 Å². The molecule has 1 aliphatic rings. The van der Waals surface area contributed by atoms with Crippen LogP contribution in [0.2, 0.25) is 0 Å². The van der Waals surface area contributed by atoms with E-state index in [1.165, 1.54) is 0 Å². The Morgan fingerprint density at radius 1 is 1.53 bits per heavy atom. The van der Waals surface area contributed by atoms with Crippen LogP contribution in [-0.2, 0) is 0 Å². The minimum atomic E-state index is -0.0845. The summed E-state index contributed by atoms with van der Waals surface area (Å²) in [5, 5.41) is 13.3. The van der Waals surface area contributed by atoms with Gasteiger partial charge in [0.2, 0.25) is 0 Å². The number of H-pyrrole nitrogens is 1. The van der Waals surface area contributed by atoms with E-state index in [-0.39, 0.29) is 24.4 Å². The summed E-state index contributed by atoms with van der Waals surface area (Å²) in [4.78, 5) is 12.1. The van der Waals surface area contributed by atoms with Gasteiger partial charge in [0.05, 0.1) is 0 Å². The molecule has 1 aromatic heterocycles. The molecule has 5 nitrogen and oxygen atoms in total. The second-order valence-corrected chi connectivity index (χ2v) is 5.41. The minimum Gasteiger partial charge on any atom is -0.346 e. The van der Waals surface area contributed by atoms with Crippen molar-refractivity contribution in [1.29, 1.82) is 0 Å². The van der Waals surface area contributed by atoms with E-state index in [0.29, 0.717) is 17.5 Å². The van der Waals surface area contributed by atoms with E-state index in [0.717, 1.165) is 25.2 Å². The van der Waals surface area contributed by atoms with Gasteiger partial charge in [0.25, 0.3) is 5.91 Å². The van der Waals surface area contributed by atoms with E-state index in [4.69, 9.17) is 0 Å². The van der Waals surface area contributed by atoms with Gasteiger partial charge in [-0.2, -0.15) is 5.10 Å². The fraction of sp³-hybridized carbons (Fsp3) is 0.692. The van der Waals surface area contributed by atoms with E-state index < -0.39 is 0 Å². The summed E-state index contributed by atoms with van der Waals surface area (Å²) in [7, 11) is 0. The lowest BCUT2D eigenvalue weighted by Gasteiger charge is -2.29. The molecular weight excluding hydrogens is 264 g/mol. The molecule has 1 saturated heterocycles. The maximum atomic E-state index is 12.1. The fourth-order valence-electron chi connectivity index (χ4n) is 2.17. The fourth-order valence-corrected chi connectivity index (χ4v) is 2.17. The van der Waals surface area contributed by atoms with Crippen molar-refractivity contribution in [2.75, 3.05) is 13.1 Å². The van der Waals surface area contributed by atoms with Crippen molar-refractivity contribution in [3.05, 3.63) is 17.5 Å². The lowest BCUT2D eigenvalue weighted by Crippen LogP contribution is -2.50. The Morgan fingerprint density at radius 3 is 2.84 bits per heavy atom. The molecule has 0 spiro atoms. The molecule has 0 saturated carbocycles. The van der Waals surface area contributed by atoms with E-state index in [9.17, 15) is 4.79 Å². The Kier molecular flexibility index (Phi) is 5.82. The molecular formula is C13H23ClN4O. The highest BCUT2D eigenvalue weighted by molar-refractivity contribution is 5.92. The number of aromatic nitrogens is 2. The summed E-state index contributed by atoms with van der Waals surface area (Å²) in [5.74, 6) is 0.784. The number of piperidine rings is 1. The first kappa shape index (κ1) is 16.0. The Morgan fingerprint density at radius 2 is 2.26 bits per heavy atom. The lowest BCUT2D eigenvalue weighted by molar-refractivity contribution is 0.0910. The SMILES string of the molecule is CC(C)c1cc(C(=O)NC2CNCCC2C)n[nH]1.Cl. The van der Waals surface area contributed by atoms with Gasteiger partial charge in [-0.1, -0.05) is 20.8 Å². The zero-order valence-electron chi connectivity index (χ0n) is 11.7. The van der Waals surface area contributed by atoms with Crippen LogP contribution in [0.4, 0.5) is 0 Å². The predicted octanol–water partition coefficient (Wildman–Crippen LogP) is 1.68. The van der Waals surface area contributed by atoms with E-state index >= 15 is 0 Å². The molecule has 1 aliphatic heterocycles. The molecule has 2 atom stereocenters. The molecule has 6 heteroatoms. The van der Waals surface area contributed by atoms with Crippen LogP contribution in [0.5, 0.6) is 0 Å². The number of rotatable bonds is 3. The van der Waals surface area contributed by atoms with Crippen molar-refractivity contribution < 1.29 is 4.79 Å². The first-order valence-electron chi connectivity index (χ1n) is 6.65. The van der Waals surface area contributed by atoms with E-state index in [1.54, 1.807) is 0 Å². The van der Waals surface area contributed by atoms with Gasteiger partial charge < -0.3 is 10.6 Å². The summed E-state index contributed by atoms with van der Waals surface area (Å²) < 4.78 is 0. The molecule has 0 aromatic carbocycles. The monoisotopic (exact) mass is 286 g/mol. The van der Waals surface area contributed by atoms with Crippen molar-refractivity contribution in [3.8, 4) is 0 Å². The third-order valence-electron chi connectivity index (χ3n) is 3.60. The molecule has 0 radical (unpaired) electrons. The number of carbonyl (C=O) groups excluding carboxylic acids is 1. The first-order chi connectivity index (χ1) is 8.58. The van der Waals surface area contributed by atoms with Gasteiger partial charge in [-0.25, -0.2) is 0 Å². The summed E-state index contributed by atoms with van der Waals surface area (Å²) in [5.41, 5.74) is 1.48. The summed E-state index contributed by atoms with van der Waals surface area (Å²) in [6.45, 7) is 8.20. The zero-order valence-corrected chi connectivity index (χ0v) is 12.5. The average Bonchev–Trinajstić information content (AvgIpc) is 2.81. The molecule has 2 heterocycles. The van der Waals surface area contributed by atoms with Gasteiger partial charge in [-0.15, -0.1) is 12.4 Å². The Bertz CT molecular complexity index is 419. The summed E-state index contributed by atoms with van der Waals surface area (Å²) in [6, 6.07) is 2.03. The molecule has 1 aromatic rings. The van der Waals surface area contributed by atoms with Crippen molar-refractivity contribution in [2.45, 2.75) is 39.2 Å². The second-order valence-electron chi connectivity index (χ2n) is 5.41. The van der Waals surface area contributed by atoms with Gasteiger partial charge >= 0.3 is 0 Å². The summed E-state index contributed by atoms with van der Waals surface area (Å²) in [6.07, 6.45) is 1.10. The van der Waals surface area contributed by atoms with Crippen LogP contribution >= 0.6 is 12.4 Å². The van der Waals surface area contributed by atoms with Gasteiger partial charge in [0.1, 0.15) is 5.69 Å². The normalized spacial score (nSPS) is 22.9. The maximum absolute atomic E-state index is 12.1. The van der Waals surface area contributed by atoms with E-state index in [1.807, 2.05) is 6.07 Å². The number of nitrogens with one attached hydrogen (secondary N) is 3. The van der Waals surface area contributed by atoms with Gasteiger partial charge in [0, 0.05) is 18.3 Å². The topological polar surface area (TPSA) is 69.8 Å².